The van der Waals surface area contributed by atoms with Crippen molar-refractivity contribution in [2.75, 3.05) is 17.3 Å². The number of carbonyl (C=O) groups is 1. The monoisotopic (exact) mass is 373 g/mol. The standard InChI is InChI=1S/C22H19N3O3/c1-24-20-11-4-2-7-15(20)13-19(18-10-3-5-12-21(18)24)22(26)23-16-8-6-9-17(14-16)25(27)28/h2-12,14,19H,13H2,1H3,(H,23,26). The molecule has 1 unspecified atom stereocenters. The Labute approximate surface area is 162 Å². The van der Waals surface area contributed by atoms with Crippen molar-refractivity contribution in [3.63, 3.8) is 0 Å². The van der Waals surface area contributed by atoms with Gasteiger partial charge in [0.15, 0.2) is 0 Å². The van der Waals surface area contributed by atoms with Gasteiger partial charge in [-0.2, -0.15) is 0 Å². The number of fused-ring (bicyclic) bond motifs is 2. The average molecular weight is 373 g/mol. The minimum absolute atomic E-state index is 0.0517. The smallest absolute Gasteiger partial charge is 0.271 e. The topological polar surface area (TPSA) is 75.5 Å². The number of non-ortho nitro benzene ring substituents is 1. The molecule has 0 fully saturated rings. The van der Waals surface area contributed by atoms with Crippen LogP contribution in [0.5, 0.6) is 0 Å². The Morgan fingerprint density at radius 1 is 1.04 bits per heavy atom. The molecule has 0 bridgehead atoms. The SMILES string of the molecule is CN1c2ccccc2CC(C(=O)Nc2cccc([N+](=O)[O-])c2)c2ccccc21. The van der Waals surface area contributed by atoms with Crippen molar-refractivity contribution in [3.8, 4) is 0 Å². The van der Waals surface area contributed by atoms with Gasteiger partial charge in [0.2, 0.25) is 5.91 Å². The summed E-state index contributed by atoms with van der Waals surface area (Å²) in [7, 11) is 2.00. The second-order valence-electron chi connectivity index (χ2n) is 6.80. The second-order valence-corrected chi connectivity index (χ2v) is 6.80. The summed E-state index contributed by atoms with van der Waals surface area (Å²) < 4.78 is 0. The molecule has 0 aromatic heterocycles. The largest absolute Gasteiger partial charge is 0.344 e. The van der Waals surface area contributed by atoms with Gasteiger partial charge in [-0.1, -0.05) is 42.5 Å². The Bertz CT molecular complexity index is 1060. The van der Waals surface area contributed by atoms with E-state index in [9.17, 15) is 14.9 Å². The molecule has 4 rings (SSSR count). The molecule has 6 heteroatoms. The number of benzene rings is 3. The molecule has 1 aliphatic rings. The van der Waals surface area contributed by atoms with Gasteiger partial charge in [-0.25, -0.2) is 0 Å². The summed E-state index contributed by atoms with van der Waals surface area (Å²) >= 11 is 0. The van der Waals surface area contributed by atoms with E-state index in [2.05, 4.69) is 10.2 Å². The lowest BCUT2D eigenvalue weighted by Gasteiger charge is -2.22. The van der Waals surface area contributed by atoms with Gasteiger partial charge in [0.25, 0.3) is 5.69 Å². The number of nitrogens with zero attached hydrogens (tertiary/aromatic N) is 2. The summed E-state index contributed by atoms with van der Waals surface area (Å²) in [6.45, 7) is 0. The highest BCUT2D eigenvalue weighted by Crippen LogP contribution is 2.40. The summed E-state index contributed by atoms with van der Waals surface area (Å²) in [6.07, 6.45) is 0.554. The fourth-order valence-electron chi connectivity index (χ4n) is 3.72. The van der Waals surface area contributed by atoms with Crippen molar-refractivity contribution in [1.82, 2.24) is 0 Å². The lowest BCUT2D eigenvalue weighted by atomic mass is 9.91. The van der Waals surface area contributed by atoms with Gasteiger partial charge in [0.05, 0.1) is 10.8 Å². The van der Waals surface area contributed by atoms with Crippen molar-refractivity contribution in [2.24, 2.45) is 0 Å². The van der Waals surface area contributed by atoms with E-state index in [0.29, 0.717) is 12.1 Å². The third kappa shape index (κ3) is 3.20. The van der Waals surface area contributed by atoms with Crippen molar-refractivity contribution in [2.45, 2.75) is 12.3 Å². The van der Waals surface area contributed by atoms with Crippen molar-refractivity contribution in [1.29, 1.82) is 0 Å². The molecule has 28 heavy (non-hydrogen) atoms. The van der Waals surface area contributed by atoms with Gasteiger partial charge in [0, 0.05) is 36.2 Å². The Morgan fingerprint density at radius 2 is 1.75 bits per heavy atom. The molecule has 3 aromatic carbocycles. The predicted molar refractivity (Wildman–Crippen MR) is 109 cm³/mol. The number of hydrogen-bond donors (Lipinski definition) is 1. The molecule has 1 N–H and O–H groups in total. The number of nitro benzene ring substituents is 1. The number of nitro groups is 1. The third-order valence-electron chi connectivity index (χ3n) is 5.09. The molecule has 3 aromatic rings. The highest BCUT2D eigenvalue weighted by Gasteiger charge is 2.29. The lowest BCUT2D eigenvalue weighted by molar-refractivity contribution is -0.384. The van der Waals surface area contributed by atoms with Crippen LogP contribution in [0, 0.1) is 10.1 Å². The number of nitrogens with one attached hydrogen (secondary N) is 1. The fraction of sp³-hybridized carbons (Fsp3) is 0.136. The van der Waals surface area contributed by atoms with Crippen LogP contribution >= 0.6 is 0 Å². The normalized spacial score (nSPS) is 15.2. The van der Waals surface area contributed by atoms with E-state index in [1.54, 1.807) is 12.1 Å². The van der Waals surface area contributed by atoms with E-state index in [4.69, 9.17) is 0 Å². The van der Waals surface area contributed by atoms with Crippen molar-refractivity contribution in [3.05, 3.63) is 94.0 Å². The van der Waals surface area contributed by atoms with Gasteiger partial charge in [-0.15, -0.1) is 0 Å². The van der Waals surface area contributed by atoms with E-state index >= 15 is 0 Å². The van der Waals surface area contributed by atoms with Crippen LogP contribution in [0.4, 0.5) is 22.7 Å². The summed E-state index contributed by atoms with van der Waals surface area (Å²) in [4.78, 5) is 25.8. The lowest BCUT2D eigenvalue weighted by Crippen LogP contribution is -2.23. The molecule has 1 amide bonds. The van der Waals surface area contributed by atoms with E-state index in [-0.39, 0.29) is 11.6 Å². The quantitative estimate of drug-likeness (QED) is 0.536. The molecule has 1 heterocycles. The van der Waals surface area contributed by atoms with Crippen LogP contribution in [-0.4, -0.2) is 17.9 Å². The van der Waals surface area contributed by atoms with Crippen LogP contribution in [0.25, 0.3) is 0 Å². The molecule has 0 saturated heterocycles. The van der Waals surface area contributed by atoms with Crippen molar-refractivity contribution >= 4 is 28.7 Å². The van der Waals surface area contributed by atoms with Crippen LogP contribution in [0.3, 0.4) is 0 Å². The van der Waals surface area contributed by atoms with Gasteiger partial charge in [-0.3, -0.25) is 14.9 Å². The van der Waals surface area contributed by atoms with Crippen molar-refractivity contribution < 1.29 is 9.72 Å². The Kier molecular flexibility index (Phi) is 4.53. The van der Waals surface area contributed by atoms with Crippen LogP contribution in [-0.2, 0) is 11.2 Å². The molecule has 0 saturated carbocycles. The van der Waals surface area contributed by atoms with E-state index in [0.717, 1.165) is 22.5 Å². The molecular weight excluding hydrogens is 354 g/mol. The predicted octanol–water partition coefficient (Wildman–Crippen LogP) is 4.64. The zero-order valence-corrected chi connectivity index (χ0v) is 15.3. The number of carbonyl (C=O) groups excluding carboxylic acids is 1. The number of hydrogen-bond acceptors (Lipinski definition) is 4. The number of anilines is 3. The molecule has 1 atom stereocenters. The third-order valence-corrected chi connectivity index (χ3v) is 5.09. The summed E-state index contributed by atoms with van der Waals surface area (Å²) in [5, 5.41) is 13.9. The van der Waals surface area contributed by atoms with Crippen LogP contribution < -0.4 is 10.2 Å². The van der Waals surface area contributed by atoms with E-state index < -0.39 is 10.8 Å². The first-order chi connectivity index (χ1) is 13.5. The van der Waals surface area contributed by atoms with E-state index in [1.807, 2.05) is 55.6 Å². The summed E-state index contributed by atoms with van der Waals surface area (Å²) in [6, 6.07) is 21.9. The van der Waals surface area contributed by atoms with E-state index in [1.165, 1.54) is 12.1 Å². The van der Waals surface area contributed by atoms with Crippen LogP contribution in [0.15, 0.2) is 72.8 Å². The number of rotatable bonds is 3. The second kappa shape index (κ2) is 7.15. The van der Waals surface area contributed by atoms with Gasteiger partial charge in [0.1, 0.15) is 0 Å². The number of amides is 1. The number of para-hydroxylation sites is 2. The Hall–Kier alpha value is -3.67. The first-order valence-corrected chi connectivity index (χ1v) is 9.00. The Morgan fingerprint density at radius 3 is 2.54 bits per heavy atom. The minimum atomic E-state index is -0.470. The maximum absolute atomic E-state index is 13.2. The zero-order chi connectivity index (χ0) is 19.7. The molecular formula is C22H19N3O3. The molecule has 0 aliphatic carbocycles. The maximum atomic E-state index is 13.2. The zero-order valence-electron chi connectivity index (χ0n) is 15.3. The molecule has 0 radical (unpaired) electrons. The summed E-state index contributed by atoms with van der Waals surface area (Å²) in [5.41, 5.74) is 4.43. The average Bonchev–Trinajstić information content (AvgIpc) is 2.84. The minimum Gasteiger partial charge on any atom is -0.344 e. The van der Waals surface area contributed by atoms with Gasteiger partial charge in [-0.05, 0) is 35.7 Å². The van der Waals surface area contributed by atoms with Crippen LogP contribution in [0.2, 0.25) is 0 Å². The first kappa shape index (κ1) is 17.7. The molecule has 1 aliphatic heterocycles. The van der Waals surface area contributed by atoms with Gasteiger partial charge < -0.3 is 10.2 Å². The van der Waals surface area contributed by atoms with Gasteiger partial charge >= 0.3 is 0 Å². The highest BCUT2D eigenvalue weighted by atomic mass is 16.6. The highest BCUT2D eigenvalue weighted by molar-refractivity contribution is 5.98. The Balaban J connectivity index is 1.72. The molecule has 140 valence electrons. The van der Waals surface area contributed by atoms with Crippen LogP contribution in [0.1, 0.15) is 17.0 Å². The molecule has 0 spiro atoms. The first-order valence-electron chi connectivity index (χ1n) is 9.00. The fourth-order valence-corrected chi connectivity index (χ4v) is 3.72. The summed E-state index contributed by atoms with van der Waals surface area (Å²) in [5.74, 6) is -0.584. The molecule has 6 nitrogen and oxygen atoms in total. The maximum Gasteiger partial charge on any atom is 0.271 e.